The Hall–Kier alpha value is -1.55. The van der Waals surface area contributed by atoms with Gasteiger partial charge in [0, 0.05) is 12.0 Å². The second kappa shape index (κ2) is 4.53. The minimum Gasteiger partial charge on any atom is -0.489 e. The summed E-state index contributed by atoms with van der Waals surface area (Å²) < 4.78 is 11.0. The summed E-state index contributed by atoms with van der Waals surface area (Å²) in [6, 6.07) is 3.34. The predicted octanol–water partition coefficient (Wildman–Crippen LogP) is 1.71. The Morgan fingerprint density at radius 1 is 1.31 bits per heavy atom. The number of carbonyl (C=O) groups excluding carboxylic acids is 1. The minimum absolute atomic E-state index is 0.450. The highest BCUT2D eigenvalue weighted by molar-refractivity contribution is 5.82. The molecule has 1 N–H and O–H groups in total. The number of hydrogen-bond acceptors (Lipinski definition) is 4. The van der Waals surface area contributed by atoms with E-state index in [9.17, 15) is 9.90 Å². The first-order valence-corrected chi connectivity index (χ1v) is 5.29. The largest absolute Gasteiger partial charge is 0.489 e. The van der Waals surface area contributed by atoms with E-state index in [1.54, 1.807) is 19.1 Å². The maximum absolute atomic E-state index is 10.9. The summed E-state index contributed by atoms with van der Waals surface area (Å²) in [5.41, 5.74) is 1.11. The van der Waals surface area contributed by atoms with E-state index in [2.05, 4.69) is 0 Å². The summed E-state index contributed by atoms with van der Waals surface area (Å²) in [7, 11) is 0. The molecule has 0 aliphatic carbocycles. The Kier molecular flexibility index (Phi) is 3.10. The fraction of sp³-hybridized carbons (Fsp3) is 0.417. The Morgan fingerprint density at radius 2 is 2.00 bits per heavy atom. The van der Waals surface area contributed by atoms with Crippen LogP contribution in [0.2, 0.25) is 0 Å². The third-order valence-corrected chi connectivity index (χ3v) is 2.53. The van der Waals surface area contributed by atoms with Crippen molar-refractivity contribution in [3.63, 3.8) is 0 Å². The molecule has 1 aliphatic rings. The van der Waals surface area contributed by atoms with Crippen molar-refractivity contribution < 1.29 is 19.4 Å². The topological polar surface area (TPSA) is 55.8 Å². The fourth-order valence-electron chi connectivity index (χ4n) is 1.72. The van der Waals surface area contributed by atoms with E-state index >= 15 is 0 Å². The monoisotopic (exact) mass is 222 g/mol. The van der Waals surface area contributed by atoms with E-state index in [-0.39, 0.29) is 0 Å². The molecule has 4 heteroatoms. The number of aliphatic hydroxyl groups is 1. The molecular weight excluding hydrogens is 208 g/mol. The van der Waals surface area contributed by atoms with Crippen LogP contribution in [0.15, 0.2) is 12.1 Å². The molecule has 1 aliphatic heterocycles. The van der Waals surface area contributed by atoms with E-state index in [1.165, 1.54) is 0 Å². The molecule has 1 aromatic carbocycles. The van der Waals surface area contributed by atoms with E-state index in [0.717, 1.165) is 12.7 Å². The van der Waals surface area contributed by atoms with Crippen molar-refractivity contribution in [3.8, 4) is 11.5 Å². The number of aliphatic hydroxyl groups excluding tert-OH is 1. The van der Waals surface area contributed by atoms with Gasteiger partial charge in [-0.2, -0.15) is 0 Å². The van der Waals surface area contributed by atoms with Crippen LogP contribution in [0.5, 0.6) is 11.5 Å². The number of fused-ring (bicyclic) bond motifs is 1. The third-order valence-electron chi connectivity index (χ3n) is 2.53. The lowest BCUT2D eigenvalue weighted by molar-refractivity contribution is 0.111. The highest BCUT2D eigenvalue weighted by Gasteiger charge is 2.20. The van der Waals surface area contributed by atoms with Crippen LogP contribution in [-0.2, 0) is 0 Å². The van der Waals surface area contributed by atoms with Crippen LogP contribution in [0.25, 0.3) is 0 Å². The van der Waals surface area contributed by atoms with E-state index in [1.807, 2.05) is 0 Å². The molecule has 1 unspecified atom stereocenters. The molecule has 16 heavy (non-hydrogen) atoms. The number of carbonyl (C=O) groups is 1. The van der Waals surface area contributed by atoms with E-state index in [4.69, 9.17) is 9.47 Å². The molecule has 1 aromatic rings. The molecule has 2 rings (SSSR count). The Bertz CT molecular complexity index is 398. The third kappa shape index (κ3) is 1.88. The van der Waals surface area contributed by atoms with Gasteiger partial charge in [-0.05, 0) is 13.0 Å². The van der Waals surface area contributed by atoms with Crippen molar-refractivity contribution in [2.24, 2.45) is 0 Å². The fourth-order valence-corrected chi connectivity index (χ4v) is 1.72. The normalized spacial score (nSPS) is 16.4. The zero-order chi connectivity index (χ0) is 11.5. The van der Waals surface area contributed by atoms with Crippen molar-refractivity contribution in [1.29, 1.82) is 0 Å². The van der Waals surface area contributed by atoms with Gasteiger partial charge in [0.1, 0.15) is 0 Å². The van der Waals surface area contributed by atoms with Gasteiger partial charge >= 0.3 is 0 Å². The smallest absolute Gasteiger partial charge is 0.172 e. The van der Waals surface area contributed by atoms with Crippen molar-refractivity contribution in [2.45, 2.75) is 19.4 Å². The van der Waals surface area contributed by atoms with Crippen molar-refractivity contribution >= 4 is 6.29 Å². The molecule has 0 radical (unpaired) electrons. The SMILES string of the molecule is CC(O)c1ccc(C=O)c2c1OCCCO2. The van der Waals surface area contributed by atoms with Gasteiger partial charge in [0.2, 0.25) is 0 Å². The quantitative estimate of drug-likeness (QED) is 0.774. The van der Waals surface area contributed by atoms with Crippen LogP contribution in [0.4, 0.5) is 0 Å². The summed E-state index contributed by atoms with van der Waals surface area (Å²) >= 11 is 0. The van der Waals surface area contributed by atoms with Crippen molar-refractivity contribution in [1.82, 2.24) is 0 Å². The lowest BCUT2D eigenvalue weighted by Gasteiger charge is -2.15. The average Bonchev–Trinajstić information content (AvgIpc) is 2.52. The maximum Gasteiger partial charge on any atom is 0.172 e. The van der Waals surface area contributed by atoms with Crippen molar-refractivity contribution in [3.05, 3.63) is 23.3 Å². The molecule has 4 nitrogen and oxygen atoms in total. The number of benzene rings is 1. The van der Waals surface area contributed by atoms with Crippen LogP contribution < -0.4 is 9.47 Å². The highest BCUT2D eigenvalue weighted by Crippen LogP contribution is 2.38. The Balaban J connectivity index is 2.56. The first-order chi connectivity index (χ1) is 7.74. The second-order valence-corrected chi connectivity index (χ2v) is 3.75. The number of aldehydes is 1. The predicted molar refractivity (Wildman–Crippen MR) is 58.1 cm³/mol. The van der Waals surface area contributed by atoms with Crippen LogP contribution in [0.1, 0.15) is 35.4 Å². The lowest BCUT2D eigenvalue weighted by atomic mass is 10.1. The molecule has 0 spiro atoms. The molecule has 0 saturated heterocycles. The van der Waals surface area contributed by atoms with Gasteiger partial charge < -0.3 is 14.6 Å². The van der Waals surface area contributed by atoms with Crippen LogP contribution in [0, 0.1) is 0 Å². The zero-order valence-electron chi connectivity index (χ0n) is 9.10. The number of rotatable bonds is 2. The summed E-state index contributed by atoms with van der Waals surface area (Å²) in [5, 5.41) is 9.61. The first kappa shape index (κ1) is 11.0. The molecule has 0 saturated carbocycles. The van der Waals surface area contributed by atoms with Gasteiger partial charge in [-0.1, -0.05) is 6.07 Å². The molecule has 0 fully saturated rings. The van der Waals surface area contributed by atoms with Gasteiger partial charge in [-0.15, -0.1) is 0 Å². The van der Waals surface area contributed by atoms with Crippen LogP contribution >= 0.6 is 0 Å². The standard InChI is InChI=1S/C12H14O4/c1-8(14)10-4-3-9(7-13)11-12(10)16-6-2-5-15-11/h3-4,7-8,14H,2,5-6H2,1H3. The van der Waals surface area contributed by atoms with Crippen molar-refractivity contribution in [2.75, 3.05) is 13.2 Å². The van der Waals surface area contributed by atoms with E-state index < -0.39 is 6.10 Å². The lowest BCUT2D eigenvalue weighted by Crippen LogP contribution is -2.02. The molecular formula is C12H14O4. The van der Waals surface area contributed by atoms with Gasteiger partial charge in [0.05, 0.1) is 24.9 Å². The van der Waals surface area contributed by atoms with Gasteiger partial charge in [0.15, 0.2) is 17.8 Å². The Morgan fingerprint density at radius 3 is 2.62 bits per heavy atom. The van der Waals surface area contributed by atoms with Crippen LogP contribution in [-0.4, -0.2) is 24.6 Å². The first-order valence-electron chi connectivity index (χ1n) is 5.29. The van der Waals surface area contributed by atoms with E-state index in [0.29, 0.717) is 35.8 Å². The second-order valence-electron chi connectivity index (χ2n) is 3.75. The van der Waals surface area contributed by atoms with Gasteiger partial charge in [0.25, 0.3) is 0 Å². The molecule has 1 heterocycles. The molecule has 1 atom stereocenters. The minimum atomic E-state index is -0.642. The zero-order valence-corrected chi connectivity index (χ0v) is 9.10. The number of hydrogen-bond donors (Lipinski definition) is 1. The number of ether oxygens (including phenoxy) is 2. The summed E-state index contributed by atoms with van der Waals surface area (Å²) in [5.74, 6) is 0.947. The highest BCUT2D eigenvalue weighted by atomic mass is 16.5. The molecule has 0 aromatic heterocycles. The molecule has 0 bridgehead atoms. The van der Waals surface area contributed by atoms with Gasteiger partial charge in [-0.3, -0.25) is 4.79 Å². The molecule has 86 valence electrons. The van der Waals surface area contributed by atoms with Crippen LogP contribution in [0.3, 0.4) is 0 Å². The Labute approximate surface area is 93.8 Å². The maximum atomic E-state index is 10.9. The summed E-state index contributed by atoms with van der Waals surface area (Å²) in [6.45, 7) is 2.72. The van der Waals surface area contributed by atoms with Gasteiger partial charge in [-0.25, -0.2) is 0 Å². The molecule has 0 amide bonds. The average molecular weight is 222 g/mol. The summed E-state index contributed by atoms with van der Waals surface area (Å²) in [6.07, 6.45) is 0.863. The summed E-state index contributed by atoms with van der Waals surface area (Å²) in [4.78, 5) is 10.9.